The molecule has 0 aromatic carbocycles. The Bertz CT molecular complexity index is 371. The molecular weight excluding hydrogens is 254 g/mol. The molecule has 0 spiro atoms. The van der Waals surface area contributed by atoms with Gasteiger partial charge in [-0.25, -0.2) is 0 Å². The molecule has 1 aromatic rings. The molecule has 1 heterocycles. The maximum atomic E-state index is 12.5. The maximum Gasteiger partial charge on any atom is 0.511 e. The van der Waals surface area contributed by atoms with Crippen LogP contribution in [-0.2, 0) is 0 Å². The second-order valence-electron chi connectivity index (χ2n) is 4.64. The van der Waals surface area contributed by atoms with E-state index in [1.807, 2.05) is 0 Å². The van der Waals surface area contributed by atoms with Crippen LogP contribution in [0.3, 0.4) is 0 Å². The maximum absolute atomic E-state index is 12.5. The molecular formula is C13H20BF3NO-. The molecule has 0 amide bonds. The first kappa shape index (κ1) is 15.9. The van der Waals surface area contributed by atoms with Gasteiger partial charge < -0.3 is 17.7 Å². The van der Waals surface area contributed by atoms with Gasteiger partial charge in [0.2, 0.25) is 0 Å². The fourth-order valence-electron chi connectivity index (χ4n) is 1.77. The summed E-state index contributed by atoms with van der Waals surface area (Å²) >= 11 is 0. The summed E-state index contributed by atoms with van der Waals surface area (Å²) in [5.74, 6) is 0.199. The second-order valence-corrected chi connectivity index (χ2v) is 4.64. The number of pyridine rings is 1. The Kier molecular flexibility index (Phi) is 6.74. The highest BCUT2D eigenvalue weighted by Crippen LogP contribution is 2.13. The molecule has 6 heteroatoms. The number of unbranched alkanes of at least 4 members (excludes halogenated alkanes) is 5. The summed E-state index contributed by atoms with van der Waals surface area (Å²) in [7, 11) is 0. The average molecular weight is 274 g/mol. The highest BCUT2D eigenvalue weighted by molar-refractivity contribution is 6.73. The fourth-order valence-corrected chi connectivity index (χ4v) is 1.77. The summed E-state index contributed by atoms with van der Waals surface area (Å²) in [6.45, 7) is -2.40. The van der Waals surface area contributed by atoms with Crippen molar-refractivity contribution in [3.05, 3.63) is 18.5 Å². The molecule has 108 valence electrons. The van der Waals surface area contributed by atoms with Crippen LogP contribution in [0, 0.1) is 0 Å². The van der Waals surface area contributed by atoms with Crippen LogP contribution in [0.25, 0.3) is 0 Å². The van der Waals surface area contributed by atoms with E-state index in [-0.39, 0.29) is 5.75 Å². The molecule has 0 aliphatic rings. The van der Waals surface area contributed by atoms with Crippen LogP contribution in [0.5, 0.6) is 5.75 Å². The summed E-state index contributed by atoms with van der Waals surface area (Å²) in [5.41, 5.74) is -0.708. The second kappa shape index (κ2) is 8.07. The summed E-state index contributed by atoms with van der Waals surface area (Å²) in [5, 5.41) is 0. The van der Waals surface area contributed by atoms with E-state index in [0.717, 1.165) is 31.5 Å². The molecule has 0 radical (unpaired) electrons. The first-order valence-corrected chi connectivity index (χ1v) is 6.81. The van der Waals surface area contributed by atoms with E-state index in [9.17, 15) is 12.9 Å². The third-order valence-corrected chi connectivity index (χ3v) is 2.88. The Morgan fingerprint density at radius 3 is 2.42 bits per heavy atom. The summed E-state index contributed by atoms with van der Waals surface area (Å²) < 4.78 is 42.8. The van der Waals surface area contributed by atoms with E-state index >= 15 is 0 Å². The fraction of sp³-hybridized carbons (Fsp3) is 0.615. The molecule has 0 saturated carbocycles. The molecule has 1 aromatic heterocycles. The van der Waals surface area contributed by atoms with E-state index in [2.05, 4.69) is 11.9 Å². The van der Waals surface area contributed by atoms with Crippen molar-refractivity contribution in [1.82, 2.24) is 4.98 Å². The van der Waals surface area contributed by atoms with Crippen LogP contribution in [0.4, 0.5) is 12.9 Å². The van der Waals surface area contributed by atoms with Gasteiger partial charge in [-0.1, -0.05) is 44.5 Å². The predicted molar refractivity (Wildman–Crippen MR) is 71.8 cm³/mol. The van der Waals surface area contributed by atoms with Gasteiger partial charge in [0.25, 0.3) is 0 Å². The molecule has 0 atom stereocenters. The van der Waals surface area contributed by atoms with Crippen molar-refractivity contribution in [3.63, 3.8) is 0 Å². The minimum absolute atomic E-state index is 0.199. The van der Waals surface area contributed by atoms with Gasteiger partial charge >= 0.3 is 6.98 Å². The SMILES string of the molecule is CCCCCCCCOc1cncc([B-](F)(F)F)c1. The lowest BCUT2D eigenvalue weighted by atomic mass is 9.81. The van der Waals surface area contributed by atoms with Crippen molar-refractivity contribution in [1.29, 1.82) is 0 Å². The number of hydrogen-bond acceptors (Lipinski definition) is 2. The molecule has 0 fully saturated rings. The zero-order valence-electron chi connectivity index (χ0n) is 11.2. The summed E-state index contributed by atoms with van der Waals surface area (Å²) in [6.07, 6.45) is 8.88. The van der Waals surface area contributed by atoms with E-state index in [4.69, 9.17) is 4.74 Å². The van der Waals surface area contributed by atoms with Crippen LogP contribution in [0.1, 0.15) is 45.4 Å². The third kappa shape index (κ3) is 6.50. The first-order valence-electron chi connectivity index (χ1n) is 6.81. The number of rotatable bonds is 9. The molecule has 1 rings (SSSR count). The summed E-state index contributed by atoms with van der Waals surface area (Å²) in [6, 6.07) is 1.02. The van der Waals surface area contributed by atoms with Crippen LogP contribution in [-0.4, -0.2) is 18.6 Å². The number of hydrogen-bond donors (Lipinski definition) is 0. The minimum Gasteiger partial charge on any atom is -0.492 e. The van der Waals surface area contributed by atoms with Crippen LogP contribution < -0.4 is 10.2 Å². The van der Waals surface area contributed by atoms with Crippen molar-refractivity contribution in [2.45, 2.75) is 45.4 Å². The Balaban J connectivity index is 2.26. The Morgan fingerprint density at radius 1 is 1.05 bits per heavy atom. The minimum atomic E-state index is -5.00. The Morgan fingerprint density at radius 2 is 1.74 bits per heavy atom. The van der Waals surface area contributed by atoms with E-state index < -0.39 is 12.4 Å². The van der Waals surface area contributed by atoms with Gasteiger partial charge in [-0.05, 0) is 12.5 Å². The van der Waals surface area contributed by atoms with Gasteiger partial charge in [-0.2, -0.15) is 0 Å². The predicted octanol–water partition coefficient (Wildman–Crippen LogP) is 3.88. The molecule has 19 heavy (non-hydrogen) atoms. The van der Waals surface area contributed by atoms with Gasteiger partial charge in [-0.3, -0.25) is 4.98 Å². The highest BCUT2D eigenvalue weighted by Gasteiger charge is 2.26. The molecule has 0 saturated heterocycles. The zero-order chi connectivity index (χ0) is 14.1. The van der Waals surface area contributed by atoms with Gasteiger partial charge in [0.05, 0.1) is 12.8 Å². The molecule has 0 aliphatic carbocycles. The van der Waals surface area contributed by atoms with Crippen molar-refractivity contribution >= 4 is 12.4 Å². The van der Waals surface area contributed by atoms with Gasteiger partial charge in [0, 0.05) is 6.20 Å². The van der Waals surface area contributed by atoms with Crippen LogP contribution in [0.15, 0.2) is 18.5 Å². The third-order valence-electron chi connectivity index (χ3n) is 2.88. The summed E-state index contributed by atoms with van der Waals surface area (Å²) in [4.78, 5) is 3.56. The standard InChI is InChI=1S/C13H20BF3NO/c1-2-3-4-5-6-7-8-19-13-9-12(10-18-11-13)14(15,16)17/h9-11H,2-8H2,1H3/q-1. The van der Waals surface area contributed by atoms with E-state index in [1.165, 1.54) is 25.5 Å². The normalized spacial score (nSPS) is 11.6. The van der Waals surface area contributed by atoms with Crippen molar-refractivity contribution in [2.75, 3.05) is 6.61 Å². The Labute approximate surface area is 112 Å². The quantitative estimate of drug-likeness (QED) is 0.503. The molecule has 0 N–H and O–H groups in total. The van der Waals surface area contributed by atoms with Crippen molar-refractivity contribution in [3.8, 4) is 5.75 Å². The molecule has 0 bridgehead atoms. The first-order chi connectivity index (χ1) is 9.04. The van der Waals surface area contributed by atoms with Crippen molar-refractivity contribution < 1.29 is 17.7 Å². The van der Waals surface area contributed by atoms with Crippen molar-refractivity contribution in [2.24, 2.45) is 0 Å². The van der Waals surface area contributed by atoms with Crippen LogP contribution in [0.2, 0.25) is 0 Å². The van der Waals surface area contributed by atoms with Gasteiger partial charge in [0.15, 0.2) is 0 Å². The lowest BCUT2D eigenvalue weighted by Gasteiger charge is -2.15. The molecule has 2 nitrogen and oxygen atoms in total. The number of ether oxygens (including phenoxy) is 1. The lowest BCUT2D eigenvalue weighted by Crippen LogP contribution is -2.34. The van der Waals surface area contributed by atoms with Gasteiger partial charge in [-0.15, -0.1) is 0 Å². The monoisotopic (exact) mass is 274 g/mol. The molecule has 0 unspecified atom stereocenters. The number of aromatic nitrogens is 1. The van der Waals surface area contributed by atoms with Gasteiger partial charge in [0.1, 0.15) is 5.75 Å². The van der Waals surface area contributed by atoms with E-state index in [0.29, 0.717) is 6.61 Å². The van der Waals surface area contributed by atoms with Crippen LogP contribution >= 0.6 is 0 Å². The smallest absolute Gasteiger partial charge is 0.492 e. The Hall–Kier alpha value is -1.20. The molecule has 0 aliphatic heterocycles. The number of halogens is 3. The van der Waals surface area contributed by atoms with E-state index in [1.54, 1.807) is 0 Å². The largest absolute Gasteiger partial charge is 0.511 e. The zero-order valence-corrected chi connectivity index (χ0v) is 11.2. The number of nitrogens with zero attached hydrogens (tertiary/aromatic N) is 1. The topological polar surface area (TPSA) is 22.1 Å². The average Bonchev–Trinajstić information content (AvgIpc) is 2.37. The highest BCUT2D eigenvalue weighted by atomic mass is 19.4. The lowest BCUT2D eigenvalue weighted by molar-refractivity contribution is 0.303.